The number of aliphatic imine (C=N–C) groups is 1. The molecular weight excluding hydrogens is 352 g/mol. The Morgan fingerprint density at radius 1 is 1.46 bits per heavy atom. The summed E-state index contributed by atoms with van der Waals surface area (Å²) in [5.41, 5.74) is 1.01. The Morgan fingerprint density at radius 2 is 2.31 bits per heavy atom. The minimum atomic E-state index is 0.263. The van der Waals surface area contributed by atoms with E-state index in [0.717, 1.165) is 47.8 Å². The zero-order chi connectivity index (χ0) is 18.5. The van der Waals surface area contributed by atoms with Crippen molar-refractivity contribution in [2.75, 3.05) is 33.2 Å². The molecule has 0 radical (unpaired) electrons. The minimum Gasteiger partial charge on any atom is -0.377 e. The highest BCUT2D eigenvalue weighted by Crippen LogP contribution is 2.17. The SMILES string of the molecule is CN=C(NCc1csc(N(C)C)n1)NC1CCc2nc(COC)nn2C1. The monoisotopic (exact) mass is 378 g/mol. The van der Waals surface area contributed by atoms with Gasteiger partial charge in [0.05, 0.1) is 18.8 Å². The van der Waals surface area contributed by atoms with Crippen molar-refractivity contribution in [3.63, 3.8) is 0 Å². The average Bonchev–Trinajstić information content (AvgIpc) is 3.25. The topological polar surface area (TPSA) is 92.5 Å². The van der Waals surface area contributed by atoms with Gasteiger partial charge < -0.3 is 20.3 Å². The van der Waals surface area contributed by atoms with Crippen molar-refractivity contribution in [3.05, 3.63) is 22.7 Å². The summed E-state index contributed by atoms with van der Waals surface area (Å²) in [6.07, 6.45) is 1.89. The molecule has 0 spiro atoms. The molecule has 0 aromatic carbocycles. The Hall–Kier alpha value is -2.20. The van der Waals surface area contributed by atoms with Crippen LogP contribution in [0.15, 0.2) is 10.4 Å². The molecule has 2 aromatic heterocycles. The molecule has 10 heteroatoms. The van der Waals surface area contributed by atoms with Crippen LogP contribution in [0, 0.1) is 0 Å². The molecule has 0 aliphatic carbocycles. The van der Waals surface area contributed by atoms with E-state index in [-0.39, 0.29) is 6.04 Å². The van der Waals surface area contributed by atoms with E-state index in [4.69, 9.17) is 4.74 Å². The van der Waals surface area contributed by atoms with E-state index in [9.17, 15) is 0 Å². The van der Waals surface area contributed by atoms with Crippen molar-refractivity contribution < 1.29 is 4.74 Å². The smallest absolute Gasteiger partial charge is 0.191 e. The number of nitrogens with one attached hydrogen (secondary N) is 2. The summed E-state index contributed by atoms with van der Waals surface area (Å²) < 4.78 is 7.08. The zero-order valence-electron chi connectivity index (χ0n) is 15.7. The van der Waals surface area contributed by atoms with Crippen LogP contribution >= 0.6 is 11.3 Å². The van der Waals surface area contributed by atoms with Crippen molar-refractivity contribution in [1.82, 2.24) is 30.4 Å². The third kappa shape index (κ3) is 4.50. The number of aromatic nitrogens is 4. The number of aryl methyl sites for hydroxylation is 1. The van der Waals surface area contributed by atoms with Crippen molar-refractivity contribution in [2.45, 2.75) is 38.6 Å². The Kier molecular flexibility index (Phi) is 6.04. The van der Waals surface area contributed by atoms with Gasteiger partial charge in [-0.1, -0.05) is 0 Å². The van der Waals surface area contributed by atoms with Crippen LogP contribution in [0.25, 0.3) is 0 Å². The van der Waals surface area contributed by atoms with E-state index >= 15 is 0 Å². The van der Waals surface area contributed by atoms with Gasteiger partial charge in [0.1, 0.15) is 12.4 Å². The Balaban J connectivity index is 1.53. The molecule has 3 heterocycles. The fourth-order valence-corrected chi connectivity index (χ4v) is 3.57. The summed E-state index contributed by atoms with van der Waals surface area (Å²) in [6.45, 7) is 1.86. The van der Waals surface area contributed by atoms with E-state index in [1.165, 1.54) is 0 Å². The lowest BCUT2D eigenvalue weighted by molar-refractivity contribution is 0.177. The maximum atomic E-state index is 5.11. The van der Waals surface area contributed by atoms with E-state index in [1.807, 2.05) is 23.7 Å². The second kappa shape index (κ2) is 8.45. The van der Waals surface area contributed by atoms with Gasteiger partial charge in [-0.25, -0.2) is 14.6 Å². The number of hydrogen-bond donors (Lipinski definition) is 2. The fourth-order valence-electron chi connectivity index (χ4n) is 2.81. The van der Waals surface area contributed by atoms with Gasteiger partial charge in [0.15, 0.2) is 16.9 Å². The van der Waals surface area contributed by atoms with Crippen molar-refractivity contribution in [3.8, 4) is 0 Å². The Bertz CT molecular complexity index is 753. The molecule has 1 unspecified atom stereocenters. The third-order valence-corrected chi connectivity index (χ3v) is 5.16. The predicted molar refractivity (Wildman–Crippen MR) is 103 cm³/mol. The molecule has 3 rings (SSSR count). The van der Waals surface area contributed by atoms with Gasteiger partial charge in [-0.15, -0.1) is 11.3 Å². The molecule has 2 aromatic rings. The van der Waals surface area contributed by atoms with Crippen molar-refractivity contribution in [2.24, 2.45) is 4.99 Å². The van der Waals surface area contributed by atoms with Gasteiger partial charge in [0.2, 0.25) is 0 Å². The summed E-state index contributed by atoms with van der Waals surface area (Å²) in [4.78, 5) is 15.4. The van der Waals surface area contributed by atoms with Gasteiger partial charge in [-0.3, -0.25) is 4.99 Å². The number of thiazole rings is 1. The number of ether oxygens (including phenoxy) is 1. The molecule has 0 saturated heterocycles. The fraction of sp³-hybridized carbons (Fsp3) is 0.625. The summed E-state index contributed by atoms with van der Waals surface area (Å²) in [5.74, 6) is 2.54. The van der Waals surface area contributed by atoms with Gasteiger partial charge in [0, 0.05) is 46.1 Å². The molecule has 1 atom stereocenters. The van der Waals surface area contributed by atoms with Crippen LogP contribution in [0.2, 0.25) is 0 Å². The lowest BCUT2D eigenvalue weighted by atomic mass is 10.1. The maximum Gasteiger partial charge on any atom is 0.191 e. The highest BCUT2D eigenvalue weighted by molar-refractivity contribution is 7.13. The second-order valence-corrected chi connectivity index (χ2v) is 7.22. The van der Waals surface area contributed by atoms with E-state index in [2.05, 4.69) is 36.1 Å². The van der Waals surface area contributed by atoms with Crippen LogP contribution in [-0.2, 0) is 30.9 Å². The van der Waals surface area contributed by atoms with Crippen LogP contribution < -0.4 is 15.5 Å². The first-order valence-corrected chi connectivity index (χ1v) is 9.47. The maximum absolute atomic E-state index is 5.11. The molecule has 0 amide bonds. The molecule has 26 heavy (non-hydrogen) atoms. The van der Waals surface area contributed by atoms with Crippen LogP contribution in [0.5, 0.6) is 0 Å². The number of guanidine groups is 1. The summed E-state index contributed by atoms with van der Waals surface area (Å²) in [6, 6.07) is 0.263. The van der Waals surface area contributed by atoms with Gasteiger partial charge in [-0.2, -0.15) is 5.10 Å². The number of hydrogen-bond acceptors (Lipinski definition) is 7. The average molecular weight is 379 g/mol. The number of anilines is 1. The Morgan fingerprint density at radius 3 is 3.00 bits per heavy atom. The highest BCUT2D eigenvalue weighted by atomic mass is 32.1. The molecule has 0 saturated carbocycles. The molecule has 1 aliphatic heterocycles. The van der Waals surface area contributed by atoms with Crippen LogP contribution in [0.4, 0.5) is 5.13 Å². The minimum absolute atomic E-state index is 0.263. The predicted octanol–water partition coefficient (Wildman–Crippen LogP) is 0.627. The first-order chi connectivity index (χ1) is 12.6. The zero-order valence-corrected chi connectivity index (χ0v) is 16.5. The normalized spacial score (nSPS) is 17.1. The first-order valence-electron chi connectivity index (χ1n) is 8.59. The number of nitrogens with zero attached hydrogens (tertiary/aromatic N) is 6. The quantitative estimate of drug-likeness (QED) is 0.562. The highest BCUT2D eigenvalue weighted by Gasteiger charge is 2.22. The van der Waals surface area contributed by atoms with E-state index < -0.39 is 0 Å². The molecular formula is C16H26N8OS. The molecule has 142 valence electrons. The third-order valence-electron chi connectivity index (χ3n) is 4.10. The molecule has 0 bridgehead atoms. The van der Waals surface area contributed by atoms with Gasteiger partial charge in [0.25, 0.3) is 0 Å². The lowest BCUT2D eigenvalue weighted by Crippen LogP contribution is -2.46. The van der Waals surface area contributed by atoms with Crippen molar-refractivity contribution in [1.29, 1.82) is 0 Å². The molecule has 1 aliphatic rings. The largest absolute Gasteiger partial charge is 0.377 e. The lowest BCUT2D eigenvalue weighted by Gasteiger charge is -2.25. The van der Waals surface area contributed by atoms with Crippen molar-refractivity contribution >= 4 is 22.4 Å². The number of fused-ring (bicyclic) bond motifs is 1. The second-order valence-electron chi connectivity index (χ2n) is 6.38. The standard InChI is InChI=1S/C16H26N8OS/c1-17-15(18-7-12-10-26-16(20-12)23(2)3)19-11-5-6-14-21-13(9-25-4)22-24(14)8-11/h10-11H,5-9H2,1-4H3,(H2,17,18,19). The van der Waals surface area contributed by atoms with Crippen LogP contribution in [0.1, 0.15) is 23.8 Å². The first kappa shape index (κ1) is 18.6. The Labute approximate surface area is 157 Å². The summed E-state index contributed by atoms with van der Waals surface area (Å²) in [5, 5.41) is 14.4. The molecule has 0 fully saturated rings. The van der Waals surface area contributed by atoms with Gasteiger partial charge >= 0.3 is 0 Å². The van der Waals surface area contributed by atoms with E-state index in [0.29, 0.717) is 13.2 Å². The number of methoxy groups -OCH3 is 1. The summed E-state index contributed by atoms with van der Waals surface area (Å²) in [7, 11) is 7.43. The molecule has 9 nitrogen and oxygen atoms in total. The van der Waals surface area contributed by atoms with Crippen LogP contribution in [-0.4, -0.2) is 60.0 Å². The van der Waals surface area contributed by atoms with E-state index in [1.54, 1.807) is 25.5 Å². The molecule has 2 N–H and O–H groups in total. The van der Waals surface area contributed by atoms with Crippen LogP contribution in [0.3, 0.4) is 0 Å². The van der Waals surface area contributed by atoms with Gasteiger partial charge in [-0.05, 0) is 6.42 Å². The summed E-state index contributed by atoms with van der Waals surface area (Å²) >= 11 is 1.64. The number of rotatable bonds is 6.